The number of aryl methyl sites for hydroxylation is 2. The summed E-state index contributed by atoms with van der Waals surface area (Å²) in [5, 5.41) is 0. The molecule has 11 heavy (non-hydrogen) atoms. The molecule has 2 rings (SSSR count). The van der Waals surface area contributed by atoms with Crippen molar-refractivity contribution in [2.75, 3.05) is 0 Å². The van der Waals surface area contributed by atoms with Gasteiger partial charge in [0.05, 0.1) is 11.4 Å². The van der Waals surface area contributed by atoms with Crippen LogP contribution in [0.3, 0.4) is 0 Å². The maximum Gasteiger partial charge on any atom is 0.127 e. The first-order valence-electron chi connectivity index (χ1n) is 3.44. The normalized spacial score (nSPS) is 10.7. The molecule has 56 valence electrons. The van der Waals surface area contributed by atoms with Crippen molar-refractivity contribution in [1.82, 2.24) is 9.97 Å². The first-order valence-corrected chi connectivity index (χ1v) is 3.44. The van der Waals surface area contributed by atoms with Crippen LogP contribution in [0.4, 0.5) is 0 Å². The van der Waals surface area contributed by atoms with Crippen LogP contribution in [-0.2, 0) is 0 Å². The first-order chi connectivity index (χ1) is 5.27. The molecule has 0 bridgehead atoms. The Balaban J connectivity index is 2.86. The molecule has 0 N–H and O–H groups in total. The fraction of sp³-hybridized carbons (Fsp3) is 0.250. The zero-order valence-corrected chi connectivity index (χ0v) is 6.46. The van der Waals surface area contributed by atoms with Crippen molar-refractivity contribution in [2.24, 2.45) is 0 Å². The van der Waals surface area contributed by atoms with Crippen LogP contribution in [0, 0.1) is 13.8 Å². The summed E-state index contributed by atoms with van der Waals surface area (Å²) in [5.41, 5.74) is 3.57. The van der Waals surface area contributed by atoms with Crippen LogP contribution < -0.4 is 0 Å². The summed E-state index contributed by atoms with van der Waals surface area (Å²) in [4.78, 5) is 8.56. The van der Waals surface area contributed by atoms with Gasteiger partial charge in [0, 0.05) is 0 Å². The van der Waals surface area contributed by atoms with Crippen LogP contribution in [0.5, 0.6) is 0 Å². The molecule has 2 heterocycles. The van der Waals surface area contributed by atoms with E-state index in [2.05, 4.69) is 9.97 Å². The van der Waals surface area contributed by atoms with Gasteiger partial charge in [-0.25, -0.2) is 9.97 Å². The highest BCUT2D eigenvalue weighted by Crippen LogP contribution is 2.11. The maximum atomic E-state index is 4.95. The molecule has 0 amide bonds. The molecule has 0 saturated carbocycles. The summed E-state index contributed by atoms with van der Waals surface area (Å²) in [6.45, 7) is 3.88. The largest absolute Gasteiger partial charge is 0.468 e. The van der Waals surface area contributed by atoms with Crippen LogP contribution in [0.25, 0.3) is 11.0 Å². The van der Waals surface area contributed by atoms with Gasteiger partial charge in [0.15, 0.2) is 0 Å². The van der Waals surface area contributed by atoms with Gasteiger partial charge in [-0.1, -0.05) is 0 Å². The van der Waals surface area contributed by atoms with Crippen LogP contribution >= 0.6 is 0 Å². The van der Waals surface area contributed by atoms with Gasteiger partial charge in [-0.2, -0.15) is 0 Å². The SMILES string of the molecule is Cc1nc2cocc2nc1C. The Morgan fingerprint density at radius 3 is 1.91 bits per heavy atom. The number of hydrogen-bond donors (Lipinski definition) is 0. The molecule has 0 radical (unpaired) electrons. The van der Waals surface area contributed by atoms with Gasteiger partial charge in [0.1, 0.15) is 23.6 Å². The summed E-state index contributed by atoms with van der Waals surface area (Å²) in [6, 6.07) is 0. The van der Waals surface area contributed by atoms with E-state index in [-0.39, 0.29) is 0 Å². The van der Waals surface area contributed by atoms with E-state index >= 15 is 0 Å². The van der Waals surface area contributed by atoms with E-state index < -0.39 is 0 Å². The predicted molar refractivity (Wildman–Crippen MR) is 41.3 cm³/mol. The minimum absolute atomic E-state index is 0.827. The van der Waals surface area contributed by atoms with Gasteiger partial charge in [0.2, 0.25) is 0 Å². The Morgan fingerprint density at radius 1 is 1.00 bits per heavy atom. The fourth-order valence-corrected chi connectivity index (χ4v) is 0.974. The zero-order valence-electron chi connectivity index (χ0n) is 6.46. The topological polar surface area (TPSA) is 38.9 Å². The minimum Gasteiger partial charge on any atom is -0.468 e. The van der Waals surface area contributed by atoms with E-state index in [0.717, 1.165) is 22.4 Å². The molecule has 0 aliphatic rings. The summed E-state index contributed by atoms with van der Waals surface area (Å²) in [5.74, 6) is 0. The second-order valence-electron chi connectivity index (χ2n) is 2.54. The first kappa shape index (κ1) is 6.34. The lowest BCUT2D eigenvalue weighted by molar-refractivity contribution is 0.571. The Labute approximate surface area is 64.1 Å². The Bertz CT molecular complexity index is 356. The van der Waals surface area contributed by atoms with E-state index in [9.17, 15) is 0 Å². The average Bonchev–Trinajstić information content (AvgIpc) is 2.36. The molecule has 0 aliphatic heterocycles. The van der Waals surface area contributed by atoms with Crippen molar-refractivity contribution in [3.63, 3.8) is 0 Å². The fourth-order valence-electron chi connectivity index (χ4n) is 0.974. The molecule has 0 saturated heterocycles. The monoisotopic (exact) mass is 148 g/mol. The quantitative estimate of drug-likeness (QED) is 0.572. The number of fused-ring (bicyclic) bond motifs is 1. The molecule has 0 aromatic carbocycles. The van der Waals surface area contributed by atoms with Gasteiger partial charge in [-0.15, -0.1) is 0 Å². The second-order valence-corrected chi connectivity index (χ2v) is 2.54. The van der Waals surface area contributed by atoms with E-state index in [1.54, 1.807) is 12.5 Å². The minimum atomic E-state index is 0.827. The van der Waals surface area contributed by atoms with E-state index in [4.69, 9.17) is 4.42 Å². The van der Waals surface area contributed by atoms with Gasteiger partial charge >= 0.3 is 0 Å². The highest BCUT2D eigenvalue weighted by Gasteiger charge is 2.01. The summed E-state index contributed by atoms with van der Waals surface area (Å²) in [7, 11) is 0. The molecule has 2 aromatic heterocycles. The molecular formula is C8H8N2O. The van der Waals surface area contributed by atoms with Crippen molar-refractivity contribution >= 4 is 11.0 Å². The highest BCUT2D eigenvalue weighted by molar-refractivity contribution is 5.72. The number of furan rings is 1. The lowest BCUT2D eigenvalue weighted by atomic mass is 10.3. The van der Waals surface area contributed by atoms with Crippen molar-refractivity contribution < 1.29 is 4.42 Å². The van der Waals surface area contributed by atoms with Crippen LogP contribution in [0.2, 0.25) is 0 Å². The summed E-state index contributed by atoms with van der Waals surface area (Å²) >= 11 is 0. The average molecular weight is 148 g/mol. The Morgan fingerprint density at radius 2 is 1.45 bits per heavy atom. The van der Waals surface area contributed by atoms with Crippen molar-refractivity contribution in [3.8, 4) is 0 Å². The van der Waals surface area contributed by atoms with Crippen LogP contribution in [0.15, 0.2) is 16.9 Å². The smallest absolute Gasteiger partial charge is 0.127 e. The molecule has 0 atom stereocenters. The van der Waals surface area contributed by atoms with E-state index in [1.807, 2.05) is 13.8 Å². The van der Waals surface area contributed by atoms with Gasteiger partial charge in [-0.3, -0.25) is 0 Å². The van der Waals surface area contributed by atoms with Crippen molar-refractivity contribution in [3.05, 3.63) is 23.9 Å². The van der Waals surface area contributed by atoms with Gasteiger partial charge in [0.25, 0.3) is 0 Å². The number of hydrogen-bond acceptors (Lipinski definition) is 3. The number of aromatic nitrogens is 2. The van der Waals surface area contributed by atoms with Crippen LogP contribution in [0.1, 0.15) is 11.4 Å². The van der Waals surface area contributed by atoms with E-state index in [0.29, 0.717) is 0 Å². The predicted octanol–water partition coefficient (Wildman–Crippen LogP) is 1.84. The molecule has 0 aliphatic carbocycles. The molecular weight excluding hydrogens is 140 g/mol. The van der Waals surface area contributed by atoms with Gasteiger partial charge < -0.3 is 4.42 Å². The number of rotatable bonds is 0. The third-order valence-corrected chi connectivity index (χ3v) is 1.72. The lowest BCUT2D eigenvalue weighted by Gasteiger charge is -1.95. The third-order valence-electron chi connectivity index (χ3n) is 1.72. The van der Waals surface area contributed by atoms with E-state index in [1.165, 1.54) is 0 Å². The Hall–Kier alpha value is -1.38. The van der Waals surface area contributed by atoms with Crippen molar-refractivity contribution in [1.29, 1.82) is 0 Å². The Kier molecular flexibility index (Phi) is 1.18. The molecule has 0 spiro atoms. The maximum absolute atomic E-state index is 4.95. The highest BCUT2D eigenvalue weighted by atomic mass is 16.3. The molecule has 3 heteroatoms. The molecule has 0 unspecified atom stereocenters. The lowest BCUT2D eigenvalue weighted by Crippen LogP contribution is -1.89. The molecule has 0 fully saturated rings. The standard InChI is InChI=1S/C8H8N2O/c1-5-6(2)10-8-4-11-3-7(8)9-5/h3-4H,1-2H3. The molecule has 3 nitrogen and oxygen atoms in total. The summed E-state index contributed by atoms with van der Waals surface area (Å²) in [6.07, 6.45) is 3.21. The second kappa shape index (κ2) is 2.05. The molecule has 2 aromatic rings. The van der Waals surface area contributed by atoms with Crippen molar-refractivity contribution in [2.45, 2.75) is 13.8 Å². The zero-order chi connectivity index (χ0) is 7.84. The number of nitrogens with zero attached hydrogens (tertiary/aromatic N) is 2. The summed E-state index contributed by atoms with van der Waals surface area (Å²) < 4.78 is 4.95. The third kappa shape index (κ3) is 0.888. The van der Waals surface area contributed by atoms with Crippen LogP contribution in [-0.4, -0.2) is 9.97 Å². The van der Waals surface area contributed by atoms with Gasteiger partial charge in [-0.05, 0) is 13.8 Å².